The molecule has 2 aromatic rings. The van der Waals surface area contributed by atoms with Crippen molar-refractivity contribution in [3.63, 3.8) is 0 Å². The van der Waals surface area contributed by atoms with Gasteiger partial charge < -0.3 is 4.74 Å². The van der Waals surface area contributed by atoms with Gasteiger partial charge in [-0.1, -0.05) is 18.2 Å². The third kappa shape index (κ3) is 2.71. The molecule has 0 aliphatic carbocycles. The van der Waals surface area contributed by atoms with Gasteiger partial charge in [-0.25, -0.2) is 13.2 Å². The van der Waals surface area contributed by atoms with Crippen LogP contribution in [0.25, 0.3) is 10.1 Å². The van der Waals surface area contributed by atoms with Crippen molar-refractivity contribution < 1.29 is 17.9 Å². The number of ether oxygens (including phenoxy) is 1. The van der Waals surface area contributed by atoms with Crippen LogP contribution < -0.4 is 4.72 Å². The molecule has 0 aliphatic rings. The molecule has 0 aliphatic heterocycles. The molecule has 2 rings (SSSR count). The minimum Gasteiger partial charge on any atom is -0.465 e. The average Bonchev–Trinajstić information content (AvgIpc) is 2.76. The van der Waals surface area contributed by atoms with E-state index >= 15 is 0 Å². The van der Waals surface area contributed by atoms with Gasteiger partial charge in [0.2, 0.25) is 10.0 Å². The summed E-state index contributed by atoms with van der Waals surface area (Å²) >= 11 is 1.21. The minimum absolute atomic E-state index is 0.0578. The van der Waals surface area contributed by atoms with E-state index in [-0.39, 0.29) is 10.6 Å². The Balaban J connectivity index is 2.64. The number of hydrogen-bond acceptors (Lipinski definition) is 5. The van der Waals surface area contributed by atoms with Gasteiger partial charge in [0.25, 0.3) is 0 Å². The van der Waals surface area contributed by atoms with Crippen LogP contribution in [0.1, 0.15) is 16.6 Å². The van der Waals surface area contributed by atoms with Gasteiger partial charge in [0.1, 0.15) is 4.88 Å². The van der Waals surface area contributed by atoms with Gasteiger partial charge >= 0.3 is 5.97 Å². The molecule has 0 fully saturated rings. The molecule has 1 aromatic heterocycles. The van der Waals surface area contributed by atoms with Crippen LogP contribution in [0.5, 0.6) is 0 Å². The van der Waals surface area contributed by atoms with E-state index in [1.165, 1.54) is 25.4 Å². The zero-order chi connectivity index (χ0) is 14.0. The van der Waals surface area contributed by atoms with Crippen molar-refractivity contribution in [3.8, 4) is 0 Å². The van der Waals surface area contributed by atoms with E-state index < -0.39 is 16.0 Å². The van der Waals surface area contributed by atoms with Crippen LogP contribution in [0.3, 0.4) is 0 Å². The van der Waals surface area contributed by atoms with Crippen molar-refractivity contribution in [2.24, 2.45) is 0 Å². The minimum atomic E-state index is -3.45. The summed E-state index contributed by atoms with van der Waals surface area (Å²) in [5.74, 6) is -0.604. The molecular weight excluding hydrogens is 286 g/mol. The van der Waals surface area contributed by atoms with E-state index in [0.29, 0.717) is 11.1 Å². The van der Waals surface area contributed by atoms with Gasteiger partial charge in [0.15, 0.2) is 0 Å². The Hall–Kier alpha value is -1.60. The molecule has 0 amide bonds. The Labute approximate surface area is 115 Å². The van der Waals surface area contributed by atoms with Crippen LogP contribution >= 0.6 is 11.3 Å². The number of rotatable bonds is 4. The zero-order valence-electron chi connectivity index (χ0n) is 10.5. The van der Waals surface area contributed by atoms with Crippen molar-refractivity contribution in [2.45, 2.75) is 6.92 Å². The lowest BCUT2D eigenvalue weighted by Gasteiger charge is -2.06. The molecule has 5 nitrogen and oxygen atoms in total. The summed E-state index contributed by atoms with van der Waals surface area (Å²) in [7, 11) is -2.18. The molecule has 1 heterocycles. The largest absolute Gasteiger partial charge is 0.465 e. The summed E-state index contributed by atoms with van der Waals surface area (Å²) < 4.78 is 31.4. The van der Waals surface area contributed by atoms with Gasteiger partial charge in [-0.15, -0.1) is 11.3 Å². The summed E-state index contributed by atoms with van der Waals surface area (Å²) in [6, 6.07) is 7.22. The van der Waals surface area contributed by atoms with E-state index in [1.54, 1.807) is 12.1 Å². The van der Waals surface area contributed by atoms with E-state index in [0.717, 1.165) is 4.70 Å². The second kappa shape index (κ2) is 5.18. The number of carbonyl (C=O) groups is 1. The van der Waals surface area contributed by atoms with Gasteiger partial charge in [0.05, 0.1) is 18.6 Å². The quantitative estimate of drug-likeness (QED) is 0.880. The molecule has 0 unspecified atom stereocenters. The van der Waals surface area contributed by atoms with Crippen molar-refractivity contribution in [1.82, 2.24) is 0 Å². The first-order valence-corrected chi connectivity index (χ1v) is 8.05. The Morgan fingerprint density at radius 3 is 2.68 bits per heavy atom. The third-order valence-electron chi connectivity index (χ3n) is 2.60. The van der Waals surface area contributed by atoms with Crippen LogP contribution in [-0.2, 0) is 14.8 Å². The first-order chi connectivity index (χ1) is 8.98. The molecule has 102 valence electrons. The summed E-state index contributed by atoms with van der Waals surface area (Å²) in [6.45, 7) is 1.54. The first kappa shape index (κ1) is 13.8. The van der Waals surface area contributed by atoms with Crippen molar-refractivity contribution >= 4 is 43.1 Å². The SMILES string of the molecule is CCS(=O)(=O)Nc1c(C(=O)OC)sc2ccccc12. The van der Waals surface area contributed by atoms with Crippen LogP contribution in [0, 0.1) is 0 Å². The number of benzene rings is 1. The molecule has 0 bridgehead atoms. The lowest BCUT2D eigenvalue weighted by molar-refractivity contribution is 0.0607. The summed E-state index contributed by atoms with van der Waals surface area (Å²) in [6.07, 6.45) is 0. The first-order valence-electron chi connectivity index (χ1n) is 5.59. The van der Waals surface area contributed by atoms with Crippen LogP contribution in [0.15, 0.2) is 24.3 Å². The Morgan fingerprint density at radius 1 is 1.37 bits per heavy atom. The lowest BCUT2D eigenvalue weighted by Crippen LogP contribution is -2.16. The second-order valence-electron chi connectivity index (χ2n) is 3.80. The number of hydrogen-bond donors (Lipinski definition) is 1. The Kier molecular flexibility index (Phi) is 3.77. The van der Waals surface area contributed by atoms with Crippen LogP contribution in [0.4, 0.5) is 5.69 Å². The highest BCUT2D eigenvalue weighted by Crippen LogP contribution is 2.36. The molecule has 0 saturated carbocycles. The number of anilines is 1. The Bertz CT molecular complexity index is 718. The molecule has 0 atom stereocenters. The molecule has 0 spiro atoms. The van der Waals surface area contributed by atoms with Gasteiger partial charge in [0, 0.05) is 10.1 Å². The normalized spacial score (nSPS) is 11.5. The van der Waals surface area contributed by atoms with Gasteiger partial charge in [-0.2, -0.15) is 0 Å². The highest BCUT2D eigenvalue weighted by atomic mass is 32.2. The molecule has 1 N–H and O–H groups in total. The van der Waals surface area contributed by atoms with Crippen LogP contribution in [-0.4, -0.2) is 27.2 Å². The number of sulfonamides is 1. The predicted octanol–water partition coefficient (Wildman–Crippen LogP) is 2.45. The topological polar surface area (TPSA) is 72.5 Å². The van der Waals surface area contributed by atoms with Gasteiger partial charge in [-0.05, 0) is 13.0 Å². The fourth-order valence-electron chi connectivity index (χ4n) is 1.61. The number of methoxy groups -OCH3 is 1. The number of fused-ring (bicyclic) bond motifs is 1. The second-order valence-corrected chi connectivity index (χ2v) is 6.86. The smallest absolute Gasteiger partial charge is 0.350 e. The monoisotopic (exact) mass is 299 g/mol. The number of carbonyl (C=O) groups excluding carboxylic acids is 1. The predicted molar refractivity (Wildman–Crippen MR) is 76.2 cm³/mol. The Morgan fingerprint density at radius 2 is 2.05 bits per heavy atom. The van der Waals surface area contributed by atoms with E-state index in [2.05, 4.69) is 4.72 Å². The van der Waals surface area contributed by atoms with Crippen molar-refractivity contribution in [3.05, 3.63) is 29.1 Å². The maximum absolute atomic E-state index is 11.7. The van der Waals surface area contributed by atoms with Crippen LogP contribution in [0.2, 0.25) is 0 Å². The molecular formula is C12H13NO4S2. The number of nitrogens with one attached hydrogen (secondary N) is 1. The lowest BCUT2D eigenvalue weighted by atomic mass is 10.2. The van der Waals surface area contributed by atoms with Crippen molar-refractivity contribution in [1.29, 1.82) is 0 Å². The molecule has 7 heteroatoms. The highest BCUT2D eigenvalue weighted by Gasteiger charge is 2.21. The zero-order valence-corrected chi connectivity index (χ0v) is 12.1. The molecule has 1 aromatic carbocycles. The summed E-state index contributed by atoms with van der Waals surface area (Å²) in [5.41, 5.74) is 0.300. The fraction of sp³-hybridized carbons (Fsp3) is 0.250. The number of esters is 1. The van der Waals surface area contributed by atoms with E-state index in [9.17, 15) is 13.2 Å². The number of thiophene rings is 1. The fourth-order valence-corrected chi connectivity index (χ4v) is 3.42. The standard InChI is InChI=1S/C12H13NO4S2/c1-3-19(15,16)13-10-8-6-4-5-7-9(8)18-11(10)12(14)17-2/h4-7,13H,3H2,1-2H3. The summed E-state index contributed by atoms with van der Waals surface area (Å²) in [5, 5.41) is 0.699. The molecule has 0 saturated heterocycles. The maximum Gasteiger partial charge on any atom is 0.350 e. The third-order valence-corrected chi connectivity index (χ3v) is 5.03. The van der Waals surface area contributed by atoms with Gasteiger partial charge in [-0.3, -0.25) is 4.72 Å². The average molecular weight is 299 g/mol. The summed E-state index contributed by atoms with van der Waals surface area (Å²) in [4.78, 5) is 12.0. The molecule has 19 heavy (non-hydrogen) atoms. The van der Waals surface area contributed by atoms with Crippen molar-refractivity contribution in [2.75, 3.05) is 17.6 Å². The molecule has 0 radical (unpaired) electrons. The highest BCUT2D eigenvalue weighted by molar-refractivity contribution is 7.92. The maximum atomic E-state index is 11.7. The van der Waals surface area contributed by atoms with E-state index in [4.69, 9.17) is 4.74 Å². The van der Waals surface area contributed by atoms with E-state index in [1.807, 2.05) is 12.1 Å².